The van der Waals surface area contributed by atoms with Gasteiger partial charge in [0.15, 0.2) is 5.78 Å². The number of anilines is 2. The van der Waals surface area contributed by atoms with E-state index in [-0.39, 0.29) is 17.4 Å². The Kier molecular flexibility index (Phi) is 4.12. The normalized spacial score (nSPS) is 13.0. The maximum absolute atomic E-state index is 14.1. The first kappa shape index (κ1) is 15.9. The third-order valence-corrected chi connectivity index (χ3v) is 3.89. The van der Waals surface area contributed by atoms with E-state index >= 15 is 0 Å². The molecular weight excluding hydrogens is 311 g/mol. The standard InChI is InChI=1S/C18H15FN2O3/c1-10(22)11-2-4-12(5-3-11)18(24)21-16-8-13-6-7-17(23)20-15(13)9-14(16)19/h2-5,8-9H,6-7H2,1H3,(H,20,23)(H,21,24). The maximum Gasteiger partial charge on any atom is 0.255 e. The van der Waals surface area contributed by atoms with Gasteiger partial charge in [-0.1, -0.05) is 12.1 Å². The molecule has 0 radical (unpaired) electrons. The molecule has 3 rings (SSSR count). The molecule has 1 aliphatic heterocycles. The fourth-order valence-electron chi connectivity index (χ4n) is 2.55. The molecule has 0 aliphatic carbocycles. The number of aryl methyl sites for hydroxylation is 1. The van der Waals surface area contributed by atoms with Crippen molar-refractivity contribution in [1.82, 2.24) is 0 Å². The molecule has 5 nitrogen and oxygen atoms in total. The average Bonchev–Trinajstić information content (AvgIpc) is 2.55. The van der Waals surface area contributed by atoms with Crippen LogP contribution in [0.3, 0.4) is 0 Å². The smallest absolute Gasteiger partial charge is 0.255 e. The van der Waals surface area contributed by atoms with Crippen molar-refractivity contribution < 1.29 is 18.8 Å². The molecule has 0 atom stereocenters. The molecule has 2 amide bonds. The highest BCUT2D eigenvalue weighted by Gasteiger charge is 2.19. The molecular formula is C18H15FN2O3. The minimum Gasteiger partial charge on any atom is -0.326 e. The number of halogens is 1. The summed E-state index contributed by atoms with van der Waals surface area (Å²) in [5.74, 6) is -1.33. The van der Waals surface area contributed by atoms with Gasteiger partial charge in [0.2, 0.25) is 5.91 Å². The molecule has 0 bridgehead atoms. The van der Waals surface area contributed by atoms with Crippen molar-refractivity contribution in [3.63, 3.8) is 0 Å². The van der Waals surface area contributed by atoms with Gasteiger partial charge in [0.05, 0.1) is 5.69 Å². The SMILES string of the molecule is CC(=O)c1ccc(C(=O)Nc2cc3c(cc2F)NC(=O)CC3)cc1. The van der Waals surface area contributed by atoms with Gasteiger partial charge in [-0.25, -0.2) is 4.39 Å². The lowest BCUT2D eigenvalue weighted by atomic mass is 10.0. The number of benzene rings is 2. The van der Waals surface area contributed by atoms with E-state index in [0.29, 0.717) is 29.7 Å². The number of amides is 2. The van der Waals surface area contributed by atoms with Crippen LogP contribution in [0.4, 0.5) is 15.8 Å². The zero-order chi connectivity index (χ0) is 17.3. The Morgan fingerprint density at radius 1 is 1.08 bits per heavy atom. The van der Waals surface area contributed by atoms with E-state index in [4.69, 9.17) is 0 Å². The van der Waals surface area contributed by atoms with Crippen molar-refractivity contribution >= 4 is 29.0 Å². The van der Waals surface area contributed by atoms with Gasteiger partial charge in [-0.2, -0.15) is 0 Å². The van der Waals surface area contributed by atoms with Gasteiger partial charge in [-0.05, 0) is 43.2 Å². The van der Waals surface area contributed by atoms with E-state index in [9.17, 15) is 18.8 Å². The van der Waals surface area contributed by atoms with Crippen LogP contribution in [0.5, 0.6) is 0 Å². The van der Waals surface area contributed by atoms with Crippen molar-refractivity contribution in [2.75, 3.05) is 10.6 Å². The highest BCUT2D eigenvalue weighted by atomic mass is 19.1. The predicted molar refractivity (Wildman–Crippen MR) is 87.8 cm³/mol. The Morgan fingerprint density at radius 3 is 2.42 bits per heavy atom. The van der Waals surface area contributed by atoms with Gasteiger partial charge in [0.25, 0.3) is 5.91 Å². The fourth-order valence-corrected chi connectivity index (χ4v) is 2.55. The lowest BCUT2D eigenvalue weighted by Crippen LogP contribution is -2.20. The Morgan fingerprint density at radius 2 is 1.75 bits per heavy atom. The number of carbonyl (C=O) groups is 3. The monoisotopic (exact) mass is 326 g/mol. The second-order valence-corrected chi connectivity index (χ2v) is 5.63. The third-order valence-electron chi connectivity index (χ3n) is 3.89. The summed E-state index contributed by atoms with van der Waals surface area (Å²) in [5, 5.41) is 5.13. The molecule has 2 aromatic rings. The maximum atomic E-state index is 14.1. The van der Waals surface area contributed by atoms with Gasteiger partial charge in [0.1, 0.15) is 5.82 Å². The topological polar surface area (TPSA) is 75.3 Å². The van der Waals surface area contributed by atoms with Crippen LogP contribution < -0.4 is 10.6 Å². The summed E-state index contributed by atoms with van der Waals surface area (Å²) < 4.78 is 14.1. The number of hydrogen-bond donors (Lipinski definition) is 2. The minimum absolute atomic E-state index is 0.0607. The summed E-state index contributed by atoms with van der Waals surface area (Å²) in [6, 6.07) is 8.88. The van der Waals surface area contributed by atoms with Crippen LogP contribution in [0.25, 0.3) is 0 Å². The van der Waals surface area contributed by atoms with E-state index in [1.165, 1.54) is 31.2 Å². The van der Waals surface area contributed by atoms with Crippen LogP contribution >= 0.6 is 0 Å². The summed E-state index contributed by atoms with van der Waals surface area (Å²) >= 11 is 0. The molecule has 1 heterocycles. The van der Waals surface area contributed by atoms with Crippen LogP contribution in [0.1, 0.15) is 39.6 Å². The largest absolute Gasteiger partial charge is 0.326 e. The Labute approximate surface area is 137 Å². The summed E-state index contributed by atoms with van der Waals surface area (Å²) in [6.07, 6.45) is 0.830. The van der Waals surface area contributed by atoms with Crippen LogP contribution in [0.15, 0.2) is 36.4 Å². The summed E-state index contributed by atoms with van der Waals surface area (Å²) in [5.41, 5.74) is 2.10. The highest BCUT2D eigenvalue weighted by Crippen LogP contribution is 2.28. The zero-order valence-corrected chi connectivity index (χ0v) is 13.0. The van der Waals surface area contributed by atoms with Gasteiger partial charge in [-0.3, -0.25) is 14.4 Å². The Hall–Kier alpha value is -3.02. The number of carbonyl (C=O) groups excluding carboxylic acids is 3. The summed E-state index contributed by atoms with van der Waals surface area (Å²) in [4.78, 5) is 34.8. The molecule has 0 fully saturated rings. The van der Waals surface area contributed by atoms with Gasteiger partial charge >= 0.3 is 0 Å². The lowest BCUT2D eigenvalue weighted by molar-refractivity contribution is -0.116. The molecule has 0 aromatic heterocycles. The fraction of sp³-hybridized carbons (Fsp3) is 0.167. The van der Waals surface area contributed by atoms with Crippen LogP contribution in [-0.4, -0.2) is 17.6 Å². The summed E-state index contributed by atoms with van der Waals surface area (Å²) in [7, 11) is 0. The molecule has 0 spiro atoms. The molecule has 2 N–H and O–H groups in total. The molecule has 1 aliphatic rings. The second kappa shape index (κ2) is 6.23. The van der Waals surface area contributed by atoms with E-state index in [1.54, 1.807) is 12.1 Å². The van der Waals surface area contributed by atoms with Crippen molar-refractivity contribution in [1.29, 1.82) is 0 Å². The first-order valence-electron chi connectivity index (χ1n) is 7.48. The Bertz CT molecular complexity index is 844. The predicted octanol–water partition coefficient (Wildman–Crippen LogP) is 3.17. The van der Waals surface area contributed by atoms with Crippen LogP contribution in [0.2, 0.25) is 0 Å². The number of hydrogen-bond acceptors (Lipinski definition) is 3. The number of nitrogens with one attached hydrogen (secondary N) is 2. The highest BCUT2D eigenvalue weighted by molar-refractivity contribution is 6.05. The average molecular weight is 326 g/mol. The molecule has 24 heavy (non-hydrogen) atoms. The molecule has 6 heteroatoms. The first-order chi connectivity index (χ1) is 11.4. The van der Waals surface area contributed by atoms with Gasteiger partial charge in [0, 0.05) is 23.2 Å². The van der Waals surface area contributed by atoms with E-state index in [1.807, 2.05) is 0 Å². The van der Waals surface area contributed by atoms with Crippen LogP contribution in [0, 0.1) is 5.82 Å². The molecule has 122 valence electrons. The lowest BCUT2D eigenvalue weighted by Gasteiger charge is -2.18. The first-order valence-corrected chi connectivity index (χ1v) is 7.48. The number of ketones is 1. The van der Waals surface area contributed by atoms with Gasteiger partial charge in [-0.15, -0.1) is 0 Å². The van der Waals surface area contributed by atoms with Gasteiger partial charge < -0.3 is 10.6 Å². The van der Waals surface area contributed by atoms with Crippen molar-refractivity contribution in [2.24, 2.45) is 0 Å². The van der Waals surface area contributed by atoms with E-state index in [0.717, 1.165) is 5.56 Å². The van der Waals surface area contributed by atoms with E-state index in [2.05, 4.69) is 10.6 Å². The summed E-state index contributed by atoms with van der Waals surface area (Å²) in [6.45, 7) is 1.44. The number of rotatable bonds is 3. The Balaban J connectivity index is 1.81. The minimum atomic E-state index is -0.621. The number of Topliss-reactive ketones (excluding diaryl/α,β-unsaturated/α-hetero) is 1. The van der Waals surface area contributed by atoms with Crippen LogP contribution in [-0.2, 0) is 11.2 Å². The second-order valence-electron chi connectivity index (χ2n) is 5.63. The molecule has 0 saturated heterocycles. The number of fused-ring (bicyclic) bond motifs is 1. The van der Waals surface area contributed by atoms with Crippen molar-refractivity contribution in [3.05, 3.63) is 58.9 Å². The van der Waals surface area contributed by atoms with Crippen molar-refractivity contribution in [2.45, 2.75) is 19.8 Å². The molecule has 2 aromatic carbocycles. The third kappa shape index (κ3) is 3.17. The van der Waals surface area contributed by atoms with E-state index < -0.39 is 11.7 Å². The zero-order valence-electron chi connectivity index (χ0n) is 13.0. The molecule has 0 saturated carbocycles. The van der Waals surface area contributed by atoms with Crippen molar-refractivity contribution in [3.8, 4) is 0 Å². The quantitative estimate of drug-likeness (QED) is 0.851. The molecule has 0 unspecified atom stereocenters.